The number of ether oxygens (including phenoxy) is 1. The molecule has 124 valence electrons. The van der Waals surface area contributed by atoms with E-state index in [1.54, 1.807) is 43.8 Å². The van der Waals surface area contributed by atoms with E-state index in [9.17, 15) is 14.7 Å². The molecule has 0 atom stereocenters. The summed E-state index contributed by atoms with van der Waals surface area (Å²) in [5.41, 5.74) is 1.13. The summed E-state index contributed by atoms with van der Waals surface area (Å²) in [6.07, 6.45) is 0. The number of hydrogen-bond donors (Lipinski definition) is 2. The molecule has 0 bridgehead atoms. The third-order valence-electron chi connectivity index (χ3n) is 3.89. The van der Waals surface area contributed by atoms with Crippen LogP contribution < -0.4 is 15.6 Å². The summed E-state index contributed by atoms with van der Waals surface area (Å²) in [7, 11) is 3.14. The molecular formula is C17H16N2O4S. The minimum absolute atomic E-state index is 0.261. The molecule has 0 aliphatic carbocycles. The van der Waals surface area contributed by atoms with Crippen LogP contribution in [0.1, 0.15) is 15.9 Å². The van der Waals surface area contributed by atoms with Gasteiger partial charge < -0.3 is 19.7 Å². The maximum absolute atomic E-state index is 12.6. The number of fused-ring (bicyclic) bond motifs is 1. The van der Waals surface area contributed by atoms with Crippen LogP contribution in [0, 0.1) is 6.92 Å². The Morgan fingerprint density at radius 3 is 2.75 bits per heavy atom. The number of anilines is 1. The van der Waals surface area contributed by atoms with Gasteiger partial charge in [-0.15, -0.1) is 11.3 Å². The number of methoxy groups -OCH3 is 1. The second kappa shape index (κ2) is 6.01. The highest BCUT2D eigenvalue weighted by atomic mass is 32.1. The van der Waals surface area contributed by atoms with Crippen LogP contribution in [0.2, 0.25) is 0 Å². The van der Waals surface area contributed by atoms with Crippen molar-refractivity contribution < 1.29 is 14.6 Å². The highest BCUT2D eigenvalue weighted by Gasteiger charge is 2.22. The number of amides is 1. The monoisotopic (exact) mass is 344 g/mol. The Labute approximate surface area is 141 Å². The van der Waals surface area contributed by atoms with Gasteiger partial charge in [0.1, 0.15) is 11.3 Å². The quantitative estimate of drug-likeness (QED) is 0.765. The molecule has 1 amide bonds. The lowest BCUT2D eigenvalue weighted by Gasteiger charge is -2.12. The Bertz CT molecular complexity index is 1000. The van der Waals surface area contributed by atoms with Crippen molar-refractivity contribution >= 4 is 33.1 Å². The Kier molecular flexibility index (Phi) is 4.02. The fourth-order valence-corrected chi connectivity index (χ4v) is 3.40. The van der Waals surface area contributed by atoms with Gasteiger partial charge in [-0.2, -0.15) is 0 Å². The topological polar surface area (TPSA) is 80.6 Å². The molecule has 2 aromatic heterocycles. The number of aromatic nitrogens is 1. The maximum atomic E-state index is 12.6. The number of nitrogens with zero attached hydrogens (tertiary/aromatic N) is 1. The van der Waals surface area contributed by atoms with Crippen molar-refractivity contribution in [3.63, 3.8) is 0 Å². The minimum Gasteiger partial charge on any atom is -0.505 e. The molecule has 7 heteroatoms. The average molecular weight is 344 g/mol. The number of hydrogen-bond acceptors (Lipinski definition) is 5. The zero-order chi connectivity index (χ0) is 17.4. The maximum Gasteiger partial charge on any atom is 0.267 e. The molecular weight excluding hydrogens is 328 g/mol. The number of benzene rings is 1. The van der Waals surface area contributed by atoms with E-state index >= 15 is 0 Å². The van der Waals surface area contributed by atoms with Gasteiger partial charge in [-0.1, -0.05) is 0 Å². The molecule has 0 radical (unpaired) electrons. The molecule has 1 aromatic carbocycles. The molecule has 24 heavy (non-hydrogen) atoms. The van der Waals surface area contributed by atoms with E-state index in [0.717, 1.165) is 5.56 Å². The first kappa shape index (κ1) is 16.1. The lowest BCUT2D eigenvalue weighted by atomic mass is 10.1. The van der Waals surface area contributed by atoms with Crippen molar-refractivity contribution in [3.05, 3.63) is 51.1 Å². The van der Waals surface area contributed by atoms with Crippen LogP contribution >= 0.6 is 11.3 Å². The van der Waals surface area contributed by atoms with Gasteiger partial charge in [-0.3, -0.25) is 9.59 Å². The molecule has 0 aliphatic heterocycles. The lowest BCUT2D eigenvalue weighted by molar-refractivity contribution is 0.102. The summed E-state index contributed by atoms with van der Waals surface area (Å²) in [6.45, 7) is 1.82. The smallest absolute Gasteiger partial charge is 0.267 e. The Morgan fingerprint density at radius 2 is 2.08 bits per heavy atom. The van der Waals surface area contributed by atoms with Crippen LogP contribution in [0.4, 0.5) is 5.69 Å². The van der Waals surface area contributed by atoms with Crippen LogP contribution in [0.5, 0.6) is 11.5 Å². The van der Waals surface area contributed by atoms with Crippen molar-refractivity contribution in [2.24, 2.45) is 7.05 Å². The standard InChI is InChI=1S/C17H16N2O4S/c1-9-8-10(23-3)4-5-11(9)18-16(21)13-14(20)15-12(6-7-24-15)19(2)17(13)22/h4-8,20H,1-3H3,(H,18,21). The van der Waals surface area contributed by atoms with Gasteiger partial charge in [-0.25, -0.2) is 0 Å². The zero-order valence-electron chi connectivity index (χ0n) is 13.4. The number of rotatable bonds is 3. The summed E-state index contributed by atoms with van der Waals surface area (Å²) < 4.78 is 7.00. The van der Waals surface area contributed by atoms with Gasteiger partial charge in [0, 0.05) is 12.7 Å². The molecule has 0 saturated carbocycles. The van der Waals surface area contributed by atoms with Crippen molar-refractivity contribution in [3.8, 4) is 11.5 Å². The number of aromatic hydroxyl groups is 1. The molecule has 0 unspecified atom stereocenters. The number of pyridine rings is 1. The molecule has 2 heterocycles. The van der Waals surface area contributed by atoms with Crippen LogP contribution in [0.15, 0.2) is 34.4 Å². The second-order valence-electron chi connectivity index (χ2n) is 5.36. The Hall–Kier alpha value is -2.80. The number of nitrogens with one attached hydrogen (secondary N) is 1. The lowest BCUT2D eigenvalue weighted by Crippen LogP contribution is -2.28. The SMILES string of the molecule is COc1ccc(NC(=O)c2c(O)c3sccc3n(C)c2=O)c(C)c1. The number of carbonyl (C=O) groups excluding carboxylic acids is 1. The third-order valence-corrected chi connectivity index (χ3v) is 4.80. The summed E-state index contributed by atoms with van der Waals surface area (Å²) in [5.74, 6) is -0.257. The van der Waals surface area contributed by atoms with Crippen LogP contribution in [0.25, 0.3) is 10.2 Å². The number of carbonyl (C=O) groups is 1. The average Bonchev–Trinajstić information content (AvgIpc) is 3.05. The van der Waals surface area contributed by atoms with E-state index in [1.807, 2.05) is 6.92 Å². The Balaban J connectivity index is 2.05. The van der Waals surface area contributed by atoms with Gasteiger partial charge in [0.25, 0.3) is 11.5 Å². The molecule has 0 spiro atoms. The van der Waals surface area contributed by atoms with Gasteiger partial charge in [0.15, 0.2) is 5.75 Å². The normalized spacial score (nSPS) is 10.8. The zero-order valence-corrected chi connectivity index (χ0v) is 14.2. The van der Waals surface area contributed by atoms with E-state index in [4.69, 9.17) is 4.74 Å². The van der Waals surface area contributed by atoms with Crippen molar-refractivity contribution in [1.82, 2.24) is 4.57 Å². The molecule has 6 nitrogen and oxygen atoms in total. The van der Waals surface area contributed by atoms with Crippen molar-refractivity contribution in [1.29, 1.82) is 0 Å². The van der Waals surface area contributed by atoms with Crippen molar-refractivity contribution in [2.45, 2.75) is 6.92 Å². The van der Waals surface area contributed by atoms with Gasteiger partial charge >= 0.3 is 0 Å². The van der Waals surface area contributed by atoms with E-state index in [0.29, 0.717) is 21.7 Å². The third kappa shape index (κ3) is 2.52. The van der Waals surface area contributed by atoms with E-state index in [2.05, 4.69) is 5.32 Å². The molecule has 3 aromatic rings. The van der Waals surface area contributed by atoms with E-state index in [-0.39, 0.29) is 11.3 Å². The Morgan fingerprint density at radius 1 is 1.33 bits per heavy atom. The van der Waals surface area contributed by atoms with Gasteiger partial charge in [0.05, 0.1) is 17.3 Å². The summed E-state index contributed by atoms with van der Waals surface area (Å²) in [6, 6.07) is 6.91. The first-order valence-corrected chi connectivity index (χ1v) is 8.07. The van der Waals surface area contributed by atoms with E-state index in [1.165, 1.54) is 15.9 Å². The molecule has 0 fully saturated rings. The first-order chi connectivity index (χ1) is 11.4. The minimum atomic E-state index is -0.642. The highest BCUT2D eigenvalue weighted by molar-refractivity contribution is 7.17. The number of aryl methyl sites for hydroxylation is 2. The second-order valence-corrected chi connectivity index (χ2v) is 6.27. The van der Waals surface area contributed by atoms with Crippen LogP contribution in [0.3, 0.4) is 0 Å². The predicted molar refractivity (Wildman–Crippen MR) is 94.4 cm³/mol. The molecule has 3 rings (SSSR count). The van der Waals surface area contributed by atoms with Gasteiger partial charge in [-0.05, 0) is 42.1 Å². The summed E-state index contributed by atoms with van der Waals surface area (Å²) in [5, 5.41) is 14.8. The van der Waals surface area contributed by atoms with Gasteiger partial charge in [0.2, 0.25) is 0 Å². The summed E-state index contributed by atoms with van der Waals surface area (Å²) in [4.78, 5) is 25.0. The van der Waals surface area contributed by atoms with Crippen LogP contribution in [-0.4, -0.2) is 22.7 Å². The predicted octanol–water partition coefficient (Wildman–Crippen LogP) is 2.87. The molecule has 0 saturated heterocycles. The highest BCUT2D eigenvalue weighted by Crippen LogP contribution is 2.31. The largest absolute Gasteiger partial charge is 0.505 e. The fraction of sp³-hybridized carbons (Fsp3) is 0.176. The number of thiophene rings is 1. The summed E-state index contributed by atoms with van der Waals surface area (Å²) >= 11 is 1.28. The first-order valence-electron chi connectivity index (χ1n) is 7.19. The fourth-order valence-electron chi connectivity index (χ4n) is 2.53. The van der Waals surface area contributed by atoms with Crippen LogP contribution in [-0.2, 0) is 7.05 Å². The molecule has 2 N–H and O–H groups in total. The molecule has 0 aliphatic rings. The van der Waals surface area contributed by atoms with Crippen molar-refractivity contribution in [2.75, 3.05) is 12.4 Å². The van der Waals surface area contributed by atoms with E-state index < -0.39 is 11.5 Å².